The molecule has 9 nitrogen and oxygen atoms in total. The molecule has 0 radical (unpaired) electrons. The minimum absolute atomic E-state index is 0.0337. The first-order valence-corrected chi connectivity index (χ1v) is 11.1. The highest BCUT2D eigenvalue weighted by Gasteiger charge is 2.29. The van der Waals surface area contributed by atoms with Crippen LogP contribution in [0, 0.1) is 0 Å². The van der Waals surface area contributed by atoms with Crippen molar-refractivity contribution < 1.29 is 19.4 Å². The van der Waals surface area contributed by atoms with Gasteiger partial charge in [0, 0.05) is 18.9 Å². The summed E-state index contributed by atoms with van der Waals surface area (Å²) in [5, 5.41) is 11.5. The second-order valence-corrected chi connectivity index (χ2v) is 8.13. The Morgan fingerprint density at radius 1 is 0.971 bits per heavy atom. The highest BCUT2D eigenvalue weighted by Crippen LogP contribution is 2.44. The lowest BCUT2D eigenvalue weighted by Crippen LogP contribution is -2.18. The van der Waals surface area contributed by atoms with Crippen molar-refractivity contribution in [3.63, 3.8) is 0 Å². The summed E-state index contributed by atoms with van der Waals surface area (Å²) in [5.74, 6) is -0.576. The molecule has 0 atom stereocenters. The van der Waals surface area contributed by atoms with Crippen molar-refractivity contribution in [3.05, 3.63) is 72.3 Å². The van der Waals surface area contributed by atoms with Crippen LogP contribution in [0.1, 0.15) is 36.3 Å². The lowest BCUT2D eigenvalue weighted by Gasteiger charge is -2.14. The zero-order valence-corrected chi connectivity index (χ0v) is 18.3. The van der Waals surface area contributed by atoms with Gasteiger partial charge in [0.1, 0.15) is 12.9 Å². The standard InChI is InChI=1S/C25H23N5O4/c31-21(32)11-5-6-12-30-15-28-22-23(26-14-27-24(22)30)29-25(33)34-13-20-18-9-3-1-7-16(18)17-8-2-4-10-19(17)20/h1-4,7-10,14-15,20H,5-6,11-13H2,(H,31,32)(H,26,27,29,33). The molecule has 0 spiro atoms. The second kappa shape index (κ2) is 9.30. The Bertz CT molecular complexity index is 1320. The molecule has 0 bridgehead atoms. The molecular weight excluding hydrogens is 434 g/mol. The van der Waals surface area contributed by atoms with Crippen LogP contribution >= 0.6 is 0 Å². The Balaban J connectivity index is 1.26. The molecule has 4 aromatic rings. The number of carboxylic acids is 1. The van der Waals surface area contributed by atoms with Crippen molar-refractivity contribution in [2.45, 2.75) is 31.7 Å². The highest BCUT2D eigenvalue weighted by molar-refractivity contribution is 5.93. The van der Waals surface area contributed by atoms with E-state index in [-0.39, 0.29) is 24.8 Å². The average molecular weight is 457 g/mol. The maximum atomic E-state index is 12.6. The van der Waals surface area contributed by atoms with E-state index in [0.717, 1.165) is 11.1 Å². The number of amides is 1. The number of aliphatic carboxylic acids is 1. The van der Waals surface area contributed by atoms with Crippen molar-refractivity contribution in [2.75, 3.05) is 11.9 Å². The Morgan fingerprint density at radius 3 is 2.38 bits per heavy atom. The van der Waals surface area contributed by atoms with Gasteiger partial charge in [-0.15, -0.1) is 0 Å². The second-order valence-electron chi connectivity index (χ2n) is 8.13. The molecule has 0 unspecified atom stereocenters. The van der Waals surface area contributed by atoms with Gasteiger partial charge in [-0.2, -0.15) is 0 Å². The van der Waals surface area contributed by atoms with E-state index in [4.69, 9.17) is 9.84 Å². The molecule has 1 aliphatic rings. The van der Waals surface area contributed by atoms with E-state index in [9.17, 15) is 9.59 Å². The lowest BCUT2D eigenvalue weighted by atomic mass is 9.98. The number of aromatic nitrogens is 4. The minimum Gasteiger partial charge on any atom is -0.481 e. The normalized spacial score (nSPS) is 12.4. The number of hydrogen-bond acceptors (Lipinski definition) is 6. The monoisotopic (exact) mass is 457 g/mol. The predicted molar refractivity (Wildman–Crippen MR) is 126 cm³/mol. The van der Waals surface area contributed by atoms with Crippen molar-refractivity contribution in [1.29, 1.82) is 0 Å². The van der Waals surface area contributed by atoms with Crippen molar-refractivity contribution >= 4 is 29.0 Å². The molecule has 2 N–H and O–H groups in total. The molecule has 0 aliphatic heterocycles. The zero-order chi connectivity index (χ0) is 23.5. The van der Waals surface area contributed by atoms with Crippen LogP contribution < -0.4 is 5.32 Å². The number of hydrogen-bond donors (Lipinski definition) is 2. The Morgan fingerprint density at radius 2 is 1.68 bits per heavy atom. The summed E-state index contributed by atoms with van der Waals surface area (Å²) >= 11 is 0. The van der Waals surface area contributed by atoms with Crippen LogP contribution in [0.5, 0.6) is 0 Å². The number of carbonyl (C=O) groups is 2. The summed E-state index contributed by atoms with van der Waals surface area (Å²) < 4.78 is 7.42. The molecule has 9 heteroatoms. The number of nitrogens with zero attached hydrogens (tertiary/aromatic N) is 4. The van der Waals surface area contributed by atoms with E-state index in [1.54, 1.807) is 6.33 Å². The molecule has 0 saturated heterocycles. The summed E-state index contributed by atoms with van der Waals surface area (Å²) in [6.45, 7) is 0.775. The summed E-state index contributed by atoms with van der Waals surface area (Å²) in [5.41, 5.74) is 5.63. The molecule has 2 heterocycles. The third-order valence-corrected chi connectivity index (χ3v) is 6.01. The number of carbonyl (C=O) groups excluding carboxylic acids is 1. The molecule has 0 saturated carbocycles. The molecule has 2 aromatic heterocycles. The van der Waals surface area contributed by atoms with Gasteiger partial charge in [-0.3, -0.25) is 10.1 Å². The quantitative estimate of drug-likeness (QED) is 0.375. The maximum absolute atomic E-state index is 12.6. The zero-order valence-electron chi connectivity index (χ0n) is 18.3. The number of fused-ring (bicyclic) bond motifs is 4. The van der Waals surface area contributed by atoms with Gasteiger partial charge >= 0.3 is 12.1 Å². The van der Waals surface area contributed by atoms with Crippen LogP contribution in [0.4, 0.5) is 10.6 Å². The molecule has 2 aromatic carbocycles. The summed E-state index contributed by atoms with van der Waals surface area (Å²) in [4.78, 5) is 36.1. The lowest BCUT2D eigenvalue weighted by molar-refractivity contribution is -0.137. The van der Waals surface area contributed by atoms with E-state index >= 15 is 0 Å². The maximum Gasteiger partial charge on any atom is 0.412 e. The first kappa shape index (κ1) is 21.6. The summed E-state index contributed by atoms with van der Waals surface area (Å²) in [7, 11) is 0. The number of aryl methyl sites for hydroxylation is 1. The van der Waals surface area contributed by atoms with Crippen LogP contribution in [0.15, 0.2) is 61.2 Å². The summed E-state index contributed by atoms with van der Waals surface area (Å²) in [6, 6.07) is 16.3. The number of carboxylic acid groups (broad SMARTS) is 1. The van der Waals surface area contributed by atoms with Crippen LogP contribution in [0.3, 0.4) is 0 Å². The fraction of sp³-hybridized carbons (Fsp3) is 0.240. The van der Waals surface area contributed by atoms with Crippen LogP contribution in [0.2, 0.25) is 0 Å². The van der Waals surface area contributed by atoms with Crippen LogP contribution in [0.25, 0.3) is 22.3 Å². The van der Waals surface area contributed by atoms with Crippen molar-refractivity contribution in [3.8, 4) is 11.1 Å². The average Bonchev–Trinajstić information content (AvgIpc) is 3.40. The van der Waals surface area contributed by atoms with E-state index in [1.165, 1.54) is 17.5 Å². The van der Waals surface area contributed by atoms with Crippen LogP contribution in [-0.4, -0.2) is 43.3 Å². The van der Waals surface area contributed by atoms with Gasteiger partial charge in [-0.05, 0) is 35.1 Å². The topological polar surface area (TPSA) is 119 Å². The SMILES string of the molecule is O=C(O)CCCCn1cnc2c(NC(=O)OCC3c4ccccc4-c4ccccc43)ncnc21. The number of rotatable bonds is 8. The Labute approximate surface area is 195 Å². The largest absolute Gasteiger partial charge is 0.481 e. The van der Waals surface area contributed by atoms with Crippen molar-refractivity contribution in [1.82, 2.24) is 19.5 Å². The molecular formula is C25H23N5O4. The van der Waals surface area contributed by atoms with Gasteiger partial charge in [0.15, 0.2) is 17.0 Å². The smallest absolute Gasteiger partial charge is 0.412 e. The molecule has 5 rings (SSSR count). The van der Waals surface area contributed by atoms with Crippen molar-refractivity contribution in [2.24, 2.45) is 0 Å². The third kappa shape index (κ3) is 4.19. The number of anilines is 1. The first-order chi connectivity index (χ1) is 16.6. The van der Waals surface area contributed by atoms with Gasteiger partial charge in [-0.1, -0.05) is 48.5 Å². The third-order valence-electron chi connectivity index (χ3n) is 6.01. The molecule has 1 amide bonds. The Kier molecular flexibility index (Phi) is 5.90. The predicted octanol–water partition coefficient (Wildman–Crippen LogP) is 4.44. The number of nitrogens with one attached hydrogen (secondary N) is 1. The summed E-state index contributed by atoms with van der Waals surface area (Å²) in [6.07, 6.45) is 3.72. The van der Waals surface area contributed by atoms with Crippen LogP contribution in [-0.2, 0) is 16.1 Å². The number of benzene rings is 2. The fourth-order valence-electron chi connectivity index (χ4n) is 4.43. The first-order valence-electron chi connectivity index (χ1n) is 11.1. The van der Waals surface area contributed by atoms with Gasteiger partial charge in [0.25, 0.3) is 0 Å². The minimum atomic E-state index is -0.813. The number of imidazole rings is 1. The Hall–Kier alpha value is -4.27. The molecule has 0 fully saturated rings. The van der Waals surface area contributed by atoms with E-state index in [1.807, 2.05) is 28.8 Å². The molecule has 34 heavy (non-hydrogen) atoms. The van der Waals surface area contributed by atoms with Gasteiger partial charge < -0.3 is 14.4 Å². The van der Waals surface area contributed by atoms with E-state index in [0.29, 0.717) is 30.6 Å². The molecule has 1 aliphatic carbocycles. The van der Waals surface area contributed by atoms with E-state index in [2.05, 4.69) is 44.5 Å². The number of unbranched alkanes of at least 4 members (excludes halogenated alkanes) is 1. The molecule has 172 valence electrons. The van der Waals surface area contributed by atoms with E-state index < -0.39 is 12.1 Å². The highest BCUT2D eigenvalue weighted by atomic mass is 16.5. The van der Waals surface area contributed by atoms with Gasteiger partial charge in [0.05, 0.1) is 6.33 Å². The number of ether oxygens (including phenoxy) is 1. The van der Waals surface area contributed by atoms with Gasteiger partial charge in [0.2, 0.25) is 0 Å². The van der Waals surface area contributed by atoms with Gasteiger partial charge in [-0.25, -0.2) is 19.7 Å². The fourth-order valence-corrected chi connectivity index (χ4v) is 4.43.